The molecular formula is C21H27N3O3. The maximum atomic E-state index is 13.1. The van der Waals surface area contributed by atoms with Crippen LogP contribution in [0.1, 0.15) is 54.5 Å². The van der Waals surface area contributed by atoms with Crippen LogP contribution in [0.5, 0.6) is 0 Å². The van der Waals surface area contributed by atoms with Gasteiger partial charge < -0.3 is 19.5 Å². The Hall–Kier alpha value is -2.76. The van der Waals surface area contributed by atoms with E-state index in [0.29, 0.717) is 24.4 Å². The van der Waals surface area contributed by atoms with Gasteiger partial charge in [-0.2, -0.15) is 0 Å². The average Bonchev–Trinajstić information content (AvgIpc) is 3.04. The number of aromatic nitrogens is 1. The highest BCUT2D eigenvalue weighted by Crippen LogP contribution is 2.32. The van der Waals surface area contributed by atoms with Crippen molar-refractivity contribution in [2.45, 2.75) is 46.2 Å². The zero-order valence-electron chi connectivity index (χ0n) is 16.2. The Kier molecular flexibility index (Phi) is 5.84. The van der Waals surface area contributed by atoms with Gasteiger partial charge in [0, 0.05) is 24.5 Å². The Morgan fingerprint density at radius 1 is 1.15 bits per heavy atom. The van der Waals surface area contributed by atoms with Gasteiger partial charge in [-0.1, -0.05) is 25.5 Å². The third-order valence-electron chi connectivity index (χ3n) is 5.00. The SMILES string of the molecule is CCC[C@@H]1c2ccc(C)n2CCN1C(=O)Nc1ccccc1C(=O)OCC. The quantitative estimate of drug-likeness (QED) is 0.797. The van der Waals surface area contributed by atoms with E-state index in [1.165, 1.54) is 11.4 Å². The summed E-state index contributed by atoms with van der Waals surface area (Å²) in [5.74, 6) is -0.429. The van der Waals surface area contributed by atoms with Crippen LogP contribution in [0, 0.1) is 6.92 Å². The number of aryl methyl sites for hydroxylation is 1. The summed E-state index contributed by atoms with van der Waals surface area (Å²) in [6.45, 7) is 7.70. The minimum atomic E-state index is -0.429. The lowest BCUT2D eigenvalue weighted by Crippen LogP contribution is -2.44. The van der Waals surface area contributed by atoms with Crippen molar-refractivity contribution in [2.75, 3.05) is 18.5 Å². The van der Waals surface area contributed by atoms with Gasteiger partial charge in [-0.15, -0.1) is 0 Å². The fourth-order valence-corrected chi connectivity index (χ4v) is 3.70. The maximum Gasteiger partial charge on any atom is 0.340 e. The van der Waals surface area contributed by atoms with Crippen LogP contribution >= 0.6 is 0 Å². The highest BCUT2D eigenvalue weighted by atomic mass is 16.5. The molecule has 0 spiro atoms. The first-order valence-electron chi connectivity index (χ1n) is 9.56. The molecule has 1 aliphatic heterocycles. The van der Waals surface area contributed by atoms with Crippen LogP contribution in [0.4, 0.5) is 10.5 Å². The summed E-state index contributed by atoms with van der Waals surface area (Å²) >= 11 is 0. The third kappa shape index (κ3) is 3.84. The predicted octanol–water partition coefficient (Wildman–Crippen LogP) is 4.36. The number of amides is 2. The van der Waals surface area contributed by atoms with Crippen LogP contribution in [0.2, 0.25) is 0 Å². The van der Waals surface area contributed by atoms with E-state index in [4.69, 9.17) is 4.74 Å². The topological polar surface area (TPSA) is 63.6 Å². The molecule has 3 rings (SSSR count). The summed E-state index contributed by atoms with van der Waals surface area (Å²) in [5.41, 5.74) is 3.25. The molecule has 2 aromatic rings. The molecule has 1 atom stereocenters. The number of anilines is 1. The zero-order valence-corrected chi connectivity index (χ0v) is 16.2. The van der Waals surface area contributed by atoms with Gasteiger partial charge in [0.25, 0.3) is 0 Å². The molecular weight excluding hydrogens is 342 g/mol. The van der Waals surface area contributed by atoms with Crippen LogP contribution in [0.15, 0.2) is 36.4 Å². The molecule has 1 aromatic carbocycles. The second kappa shape index (κ2) is 8.29. The lowest BCUT2D eigenvalue weighted by molar-refractivity contribution is 0.0527. The molecule has 6 heteroatoms. The van der Waals surface area contributed by atoms with Crippen molar-refractivity contribution < 1.29 is 14.3 Å². The Labute approximate surface area is 160 Å². The molecule has 6 nitrogen and oxygen atoms in total. The number of fused-ring (bicyclic) bond motifs is 1. The second-order valence-corrected chi connectivity index (χ2v) is 6.75. The second-order valence-electron chi connectivity index (χ2n) is 6.75. The minimum absolute atomic E-state index is 0.0344. The summed E-state index contributed by atoms with van der Waals surface area (Å²) in [4.78, 5) is 27.1. The number of urea groups is 1. The standard InChI is InChI=1S/C21H27N3O3/c1-4-8-18-19-12-11-15(3)23(19)13-14-24(18)21(26)22-17-10-7-6-9-16(17)20(25)27-5-2/h6-7,9-12,18H,4-5,8,13-14H2,1-3H3,(H,22,26)/t18-/m1/s1. The number of hydrogen-bond donors (Lipinski definition) is 1. The molecule has 0 unspecified atom stereocenters. The van der Waals surface area contributed by atoms with Crippen LogP contribution in [0.3, 0.4) is 0 Å². The first kappa shape index (κ1) is 19.0. The normalized spacial score (nSPS) is 16.0. The molecule has 27 heavy (non-hydrogen) atoms. The lowest BCUT2D eigenvalue weighted by Gasteiger charge is -2.37. The van der Waals surface area contributed by atoms with Gasteiger partial charge >= 0.3 is 12.0 Å². The Morgan fingerprint density at radius 3 is 2.67 bits per heavy atom. The van der Waals surface area contributed by atoms with Gasteiger partial charge in [0.05, 0.1) is 23.9 Å². The van der Waals surface area contributed by atoms with E-state index in [1.54, 1.807) is 31.2 Å². The monoisotopic (exact) mass is 369 g/mol. The summed E-state index contributed by atoms with van der Waals surface area (Å²) < 4.78 is 7.39. The van der Waals surface area contributed by atoms with Crippen LogP contribution < -0.4 is 5.32 Å². The zero-order chi connectivity index (χ0) is 19.4. The molecule has 1 aliphatic rings. The molecule has 0 saturated heterocycles. The summed E-state index contributed by atoms with van der Waals surface area (Å²) in [6.07, 6.45) is 1.88. The average molecular weight is 369 g/mol. The number of hydrogen-bond acceptors (Lipinski definition) is 3. The van der Waals surface area contributed by atoms with E-state index in [2.05, 4.69) is 35.9 Å². The first-order valence-corrected chi connectivity index (χ1v) is 9.56. The number of nitrogens with one attached hydrogen (secondary N) is 1. The molecule has 144 valence electrons. The molecule has 0 saturated carbocycles. The van der Waals surface area contributed by atoms with E-state index in [1.807, 2.05) is 4.90 Å². The van der Waals surface area contributed by atoms with Crippen molar-refractivity contribution in [1.29, 1.82) is 0 Å². The number of para-hydroxylation sites is 1. The Balaban J connectivity index is 1.83. The van der Waals surface area contributed by atoms with Crippen molar-refractivity contribution in [2.24, 2.45) is 0 Å². The summed E-state index contributed by atoms with van der Waals surface area (Å²) in [7, 11) is 0. The fourth-order valence-electron chi connectivity index (χ4n) is 3.70. The van der Waals surface area contributed by atoms with E-state index >= 15 is 0 Å². The van der Waals surface area contributed by atoms with Crippen molar-refractivity contribution in [3.8, 4) is 0 Å². The smallest absolute Gasteiger partial charge is 0.340 e. The predicted molar refractivity (Wildman–Crippen MR) is 105 cm³/mol. The number of rotatable bonds is 5. The summed E-state index contributed by atoms with van der Waals surface area (Å²) in [6, 6.07) is 11.0. The molecule has 2 heterocycles. The Morgan fingerprint density at radius 2 is 1.93 bits per heavy atom. The highest BCUT2D eigenvalue weighted by Gasteiger charge is 2.31. The first-order chi connectivity index (χ1) is 13.1. The van der Waals surface area contributed by atoms with Gasteiger partial charge in [-0.25, -0.2) is 9.59 Å². The number of benzene rings is 1. The number of carbonyl (C=O) groups is 2. The number of carbonyl (C=O) groups excluding carboxylic acids is 2. The third-order valence-corrected chi connectivity index (χ3v) is 5.00. The van der Waals surface area contributed by atoms with E-state index in [9.17, 15) is 9.59 Å². The minimum Gasteiger partial charge on any atom is -0.462 e. The number of esters is 1. The molecule has 2 amide bonds. The van der Waals surface area contributed by atoms with Crippen molar-refractivity contribution in [3.05, 3.63) is 53.3 Å². The van der Waals surface area contributed by atoms with Gasteiger partial charge in [-0.3, -0.25) is 0 Å². The summed E-state index contributed by atoms with van der Waals surface area (Å²) in [5, 5.41) is 2.92. The Bertz CT molecular complexity index is 828. The van der Waals surface area contributed by atoms with Gasteiger partial charge in [-0.05, 0) is 44.5 Å². The molecule has 0 radical (unpaired) electrons. The number of nitrogens with zero attached hydrogens (tertiary/aromatic N) is 2. The highest BCUT2D eigenvalue weighted by molar-refractivity contribution is 6.00. The maximum absolute atomic E-state index is 13.1. The van der Waals surface area contributed by atoms with Gasteiger partial charge in [0.15, 0.2) is 0 Å². The van der Waals surface area contributed by atoms with Gasteiger partial charge in [0.2, 0.25) is 0 Å². The molecule has 0 fully saturated rings. The van der Waals surface area contributed by atoms with E-state index in [0.717, 1.165) is 19.4 Å². The van der Waals surface area contributed by atoms with Crippen LogP contribution in [-0.2, 0) is 11.3 Å². The largest absolute Gasteiger partial charge is 0.462 e. The van der Waals surface area contributed by atoms with Crippen molar-refractivity contribution >= 4 is 17.7 Å². The van der Waals surface area contributed by atoms with Crippen LogP contribution in [0.25, 0.3) is 0 Å². The van der Waals surface area contributed by atoms with Gasteiger partial charge in [0.1, 0.15) is 0 Å². The van der Waals surface area contributed by atoms with Crippen LogP contribution in [-0.4, -0.2) is 34.6 Å². The molecule has 1 N–H and O–H groups in total. The van der Waals surface area contributed by atoms with Crippen molar-refractivity contribution in [3.63, 3.8) is 0 Å². The molecule has 1 aromatic heterocycles. The number of ether oxygens (including phenoxy) is 1. The van der Waals surface area contributed by atoms with Crippen molar-refractivity contribution in [1.82, 2.24) is 9.47 Å². The molecule has 0 aliphatic carbocycles. The lowest BCUT2D eigenvalue weighted by atomic mass is 10.0. The molecule has 0 bridgehead atoms. The van der Waals surface area contributed by atoms with E-state index < -0.39 is 5.97 Å². The fraction of sp³-hybridized carbons (Fsp3) is 0.429. The van der Waals surface area contributed by atoms with E-state index in [-0.39, 0.29) is 12.1 Å².